The Morgan fingerprint density at radius 1 is 0.765 bits per heavy atom. The number of hydrogen-bond acceptors (Lipinski definition) is 7. The quantitative estimate of drug-likeness (QED) is 0.492. The number of aromatic nitrogens is 5. The zero-order valence-electron chi connectivity index (χ0n) is 20.8. The lowest BCUT2D eigenvalue weighted by Crippen LogP contribution is -2.44. The Kier molecular flexibility index (Phi) is 5.69. The van der Waals surface area contributed by atoms with Crippen LogP contribution >= 0.6 is 0 Å². The average molecular weight is 457 g/mol. The molecule has 1 N–H and O–H groups in total. The highest BCUT2D eigenvalue weighted by molar-refractivity contribution is 5.86. The van der Waals surface area contributed by atoms with Gasteiger partial charge in [-0.05, 0) is 64.9 Å². The molecule has 4 heterocycles. The summed E-state index contributed by atoms with van der Waals surface area (Å²) >= 11 is 0. The first-order valence-electron chi connectivity index (χ1n) is 11.8. The molecule has 0 spiro atoms. The molecule has 1 aliphatic heterocycles. The minimum Gasteiger partial charge on any atom is -0.354 e. The van der Waals surface area contributed by atoms with E-state index in [0.29, 0.717) is 0 Å². The smallest absolute Gasteiger partial charge is 0.156 e. The number of aryl methyl sites for hydroxylation is 5. The molecule has 4 aromatic rings. The molecule has 0 radical (unpaired) electrons. The van der Waals surface area contributed by atoms with Crippen LogP contribution in [0.3, 0.4) is 0 Å². The molecular formula is C26H32N8. The predicted molar refractivity (Wildman–Crippen MR) is 138 cm³/mol. The van der Waals surface area contributed by atoms with E-state index in [1.165, 1.54) is 22.1 Å². The van der Waals surface area contributed by atoms with Crippen LogP contribution in [0.4, 0.5) is 17.5 Å². The lowest BCUT2D eigenvalue weighted by Gasteiger charge is -2.33. The zero-order valence-corrected chi connectivity index (χ0v) is 20.8. The molecule has 0 atom stereocenters. The average Bonchev–Trinajstić information content (AvgIpc) is 3.14. The maximum absolute atomic E-state index is 4.99. The number of likely N-dealkylation sites (N-methyl/N-ethyl adjacent to an activating group) is 1. The van der Waals surface area contributed by atoms with Crippen LogP contribution in [-0.4, -0.2) is 62.9 Å². The fourth-order valence-electron chi connectivity index (χ4n) is 4.64. The van der Waals surface area contributed by atoms with Crippen molar-refractivity contribution in [3.05, 3.63) is 58.5 Å². The molecule has 1 aromatic carbocycles. The van der Waals surface area contributed by atoms with Crippen LogP contribution in [0, 0.1) is 34.6 Å². The van der Waals surface area contributed by atoms with Gasteiger partial charge in [-0.15, -0.1) is 0 Å². The molecule has 0 aliphatic carbocycles. The second kappa shape index (κ2) is 8.68. The third-order valence-corrected chi connectivity index (χ3v) is 6.40. The highest BCUT2D eigenvalue weighted by Crippen LogP contribution is 2.27. The molecule has 0 unspecified atom stereocenters. The maximum atomic E-state index is 4.99. The van der Waals surface area contributed by atoms with Gasteiger partial charge < -0.3 is 15.1 Å². The van der Waals surface area contributed by atoms with Gasteiger partial charge in [0.1, 0.15) is 23.3 Å². The van der Waals surface area contributed by atoms with E-state index in [4.69, 9.17) is 15.1 Å². The second-order valence-corrected chi connectivity index (χ2v) is 9.43. The normalized spacial score (nSPS) is 14.7. The molecule has 176 valence electrons. The Labute approximate surface area is 200 Å². The van der Waals surface area contributed by atoms with E-state index in [1.807, 2.05) is 30.7 Å². The number of rotatable bonds is 4. The lowest BCUT2D eigenvalue weighted by atomic mass is 10.0. The molecule has 5 rings (SSSR count). The third-order valence-electron chi connectivity index (χ3n) is 6.40. The van der Waals surface area contributed by atoms with Crippen molar-refractivity contribution >= 4 is 28.4 Å². The van der Waals surface area contributed by atoms with Gasteiger partial charge in [0, 0.05) is 43.7 Å². The van der Waals surface area contributed by atoms with Crippen LogP contribution < -0.4 is 10.2 Å². The van der Waals surface area contributed by atoms with Gasteiger partial charge in [-0.1, -0.05) is 11.6 Å². The first-order valence-corrected chi connectivity index (χ1v) is 11.8. The van der Waals surface area contributed by atoms with Crippen molar-refractivity contribution in [1.82, 2.24) is 29.6 Å². The van der Waals surface area contributed by atoms with E-state index in [0.717, 1.165) is 66.5 Å². The van der Waals surface area contributed by atoms with Crippen molar-refractivity contribution < 1.29 is 0 Å². The van der Waals surface area contributed by atoms with E-state index in [9.17, 15) is 0 Å². The van der Waals surface area contributed by atoms with Crippen molar-refractivity contribution in [2.24, 2.45) is 0 Å². The molecular weight excluding hydrogens is 424 g/mol. The number of nitrogens with zero attached hydrogens (tertiary/aromatic N) is 7. The van der Waals surface area contributed by atoms with E-state index in [-0.39, 0.29) is 0 Å². The highest BCUT2D eigenvalue weighted by Gasteiger charge is 2.18. The largest absolute Gasteiger partial charge is 0.354 e. The summed E-state index contributed by atoms with van der Waals surface area (Å²) < 4.78 is 1.87. The van der Waals surface area contributed by atoms with E-state index in [2.05, 4.69) is 66.1 Å². The van der Waals surface area contributed by atoms with Gasteiger partial charge in [-0.2, -0.15) is 9.78 Å². The van der Waals surface area contributed by atoms with Crippen LogP contribution in [0.25, 0.3) is 16.7 Å². The number of fused-ring (bicyclic) bond motifs is 1. The van der Waals surface area contributed by atoms with Gasteiger partial charge in [0.05, 0.1) is 11.2 Å². The van der Waals surface area contributed by atoms with Crippen molar-refractivity contribution in [1.29, 1.82) is 0 Å². The van der Waals surface area contributed by atoms with Crippen molar-refractivity contribution in [3.63, 3.8) is 0 Å². The van der Waals surface area contributed by atoms with Gasteiger partial charge in [0.15, 0.2) is 5.82 Å². The molecule has 1 fully saturated rings. The van der Waals surface area contributed by atoms with Crippen molar-refractivity contribution in [2.75, 3.05) is 43.4 Å². The second-order valence-electron chi connectivity index (χ2n) is 9.43. The summed E-state index contributed by atoms with van der Waals surface area (Å²) in [5, 5.41) is 9.42. The van der Waals surface area contributed by atoms with Gasteiger partial charge in [-0.3, -0.25) is 0 Å². The minimum atomic E-state index is 0.743. The highest BCUT2D eigenvalue weighted by atomic mass is 15.4. The van der Waals surface area contributed by atoms with E-state index >= 15 is 0 Å². The maximum Gasteiger partial charge on any atom is 0.156 e. The van der Waals surface area contributed by atoms with Crippen LogP contribution in [0.2, 0.25) is 0 Å². The molecule has 1 aliphatic rings. The molecule has 0 saturated carbocycles. The van der Waals surface area contributed by atoms with E-state index < -0.39 is 0 Å². The molecule has 0 amide bonds. The fourth-order valence-corrected chi connectivity index (χ4v) is 4.64. The Morgan fingerprint density at radius 3 is 2.29 bits per heavy atom. The van der Waals surface area contributed by atoms with Crippen LogP contribution in [-0.2, 0) is 0 Å². The van der Waals surface area contributed by atoms with Crippen molar-refractivity contribution in [2.45, 2.75) is 34.6 Å². The zero-order chi connectivity index (χ0) is 24.0. The number of pyridine rings is 1. The molecule has 34 heavy (non-hydrogen) atoms. The van der Waals surface area contributed by atoms with Gasteiger partial charge >= 0.3 is 0 Å². The lowest BCUT2D eigenvalue weighted by molar-refractivity contribution is 0.312. The Balaban J connectivity index is 1.51. The number of nitrogens with one attached hydrogen (secondary N) is 1. The number of benzene rings is 1. The van der Waals surface area contributed by atoms with Gasteiger partial charge in [0.25, 0.3) is 0 Å². The Bertz CT molecular complexity index is 1370. The van der Waals surface area contributed by atoms with Gasteiger partial charge in [0.2, 0.25) is 0 Å². The summed E-state index contributed by atoms with van der Waals surface area (Å²) in [5.41, 5.74) is 5.51. The van der Waals surface area contributed by atoms with Crippen molar-refractivity contribution in [3.8, 4) is 5.82 Å². The van der Waals surface area contributed by atoms with Crippen LogP contribution in [0.5, 0.6) is 0 Å². The summed E-state index contributed by atoms with van der Waals surface area (Å²) in [6, 6.07) is 10.5. The topological polar surface area (TPSA) is 75.0 Å². The summed E-state index contributed by atoms with van der Waals surface area (Å²) in [4.78, 5) is 19.0. The number of hydrogen-bond donors (Lipinski definition) is 1. The molecule has 1 saturated heterocycles. The molecule has 0 bridgehead atoms. The summed E-state index contributed by atoms with van der Waals surface area (Å²) in [7, 11) is 2.16. The number of piperazine rings is 1. The SMILES string of the molecule is Cc1cc(C)c2nc(-n3nc(C)cc3Nc3cc(N4CCN(C)CC4)nc(C)n3)cc(C)c2c1. The molecule has 3 aromatic heterocycles. The molecule has 8 heteroatoms. The van der Waals surface area contributed by atoms with E-state index in [1.54, 1.807) is 0 Å². The predicted octanol–water partition coefficient (Wildman–Crippen LogP) is 4.25. The molecule has 8 nitrogen and oxygen atoms in total. The van der Waals surface area contributed by atoms with Crippen LogP contribution in [0.15, 0.2) is 30.3 Å². The third kappa shape index (κ3) is 4.33. The first-order chi connectivity index (χ1) is 16.3. The Hall–Kier alpha value is -3.52. The summed E-state index contributed by atoms with van der Waals surface area (Å²) in [5.74, 6) is 4.07. The Morgan fingerprint density at radius 2 is 1.53 bits per heavy atom. The van der Waals surface area contributed by atoms with Crippen LogP contribution in [0.1, 0.15) is 28.2 Å². The summed E-state index contributed by atoms with van der Waals surface area (Å²) in [6.45, 7) is 14.3. The monoisotopic (exact) mass is 456 g/mol. The number of anilines is 3. The first kappa shape index (κ1) is 22.3. The summed E-state index contributed by atoms with van der Waals surface area (Å²) in [6.07, 6.45) is 0. The standard InChI is InChI=1S/C26H32N8/c1-16-11-18(3)26-21(12-16)17(2)13-24(30-26)34-25(14-19(4)31-34)29-22-15-23(28-20(5)27-22)33-9-7-32(6)8-10-33/h11-15H,7-10H2,1-6H3,(H,27,28,29). The minimum absolute atomic E-state index is 0.743. The fraction of sp³-hybridized carbons (Fsp3) is 0.385. The van der Waals surface area contributed by atoms with Gasteiger partial charge in [-0.25, -0.2) is 15.0 Å².